The van der Waals surface area contributed by atoms with E-state index in [0.717, 1.165) is 13.0 Å². The smallest absolute Gasteiger partial charge is 0.359 e. The summed E-state index contributed by atoms with van der Waals surface area (Å²) >= 11 is 0. The highest BCUT2D eigenvalue weighted by Crippen LogP contribution is 2.22. The molecule has 0 aliphatic carbocycles. The SMILES string of the molecule is CC(C)(C)CCCCCCCCCCCCCCC[NH2+]CC(=O)O.[Cl-]. The molecule has 0 aromatic heterocycles. The van der Waals surface area contributed by atoms with E-state index < -0.39 is 5.97 Å². The van der Waals surface area contributed by atoms with E-state index in [1.54, 1.807) is 0 Å². The molecule has 0 atom stereocenters. The van der Waals surface area contributed by atoms with Gasteiger partial charge in [-0.3, -0.25) is 0 Å². The van der Waals surface area contributed by atoms with Crippen LogP contribution < -0.4 is 17.7 Å². The Morgan fingerprint density at radius 3 is 1.44 bits per heavy atom. The zero-order valence-electron chi connectivity index (χ0n) is 17.1. The number of hydrogen-bond donors (Lipinski definition) is 2. The Kier molecular flexibility index (Phi) is 19.9. The number of halogens is 1. The first kappa shape index (κ1) is 26.9. The highest BCUT2D eigenvalue weighted by Gasteiger charge is 2.08. The van der Waals surface area contributed by atoms with E-state index in [9.17, 15) is 4.79 Å². The Hall–Kier alpha value is -0.280. The maximum atomic E-state index is 10.4. The summed E-state index contributed by atoms with van der Waals surface area (Å²) in [6.45, 7) is 8.19. The number of hydrogen-bond acceptors (Lipinski definition) is 1. The van der Waals surface area contributed by atoms with Gasteiger partial charge in [-0.25, -0.2) is 4.79 Å². The number of carbonyl (C=O) groups is 1. The monoisotopic (exact) mass is 377 g/mol. The van der Waals surface area contributed by atoms with Crippen molar-refractivity contribution in [3.05, 3.63) is 0 Å². The number of carboxylic acids is 1. The van der Waals surface area contributed by atoms with Crippen LogP contribution in [-0.4, -0.2) is 24.2 Å². The minimum Gasteiger partial charge on any atom is -1.00 e. The molecule has 4 heteroatoms. The summed E-state index contributed by atoms with van der Waals surface area (Å²) in [5.74, 6) is -0.708. The number of unbranched alkanes of at least 4 members (excludes halogenated alkanes) is 12. The normalized spacial score (nSPS) is 11.3. The molecule has 0 radical (unpaired) electrons. The highest BCUT2D eigenvalue weighted by atomic mass is 35.5. The summed E-state index contributed by atoms with van der Waals surface area (Å²) < 4.78 is 0. The topological polar surface area (TPSA) is 53.9 Å². The molecule has 0 aromatic rings. The van der Waals surface area contributed by atoms with Gasteiger partial charge in [-0.1, -0.05) is 91.4 Å². The van der Waals surface area contributed by atoms with Crippen LogP contribution >= 0.6 is 0 Å². The standard InChI is InChI=1S/C21H43NO2.ClH/c1-21(2,3)17-15-13-11-9-7-5-4-6-8-10-12-14-16-18-22-19-20(23)24;/h22H,4-19H2,1-3H3,(H,23,24);1H. The minimum absolute atomic E-state index is 0. The molecular weight excluding hydrogens is 334 g/mol. The van der Waals surface area contributed by atoms with E-state index in [1.165, 1.54) is 83.5 Å². The summed E-state index contributed by atoms with van der Waals surface area (Å²) in [6.07, 6.45) is 19.1. The van der Waals surface area contributed by atoms with Crippen LogP contribution in [0.15, 0.2) is 0 Å². The fraction of sp³-hybridized carbons (Fsp3) is 0.952. The minimum atomic E-state index is -0.708. The maximum absolute atomic E-state index is 10.4. The molecule has 0 fully saturated rings. The molecule has 0 bridgehead atoms. The number of nitrogens with two attached hydrogens (primary N) is 1. The van der Waals surface area contributed by atoms with Crippen molar-refractivity contribution >= 4 is 5.97 Å². The molecule has 3 nitrogen and oxygen atoms in total. The van der Waals surface area contributed by atoms with E-state index in [4.69, 9.17) is 5.11 Å². The summed E-state index contributed by atoms with van der Waals surface area (Å²) in [6, 6.07) is 0. The first-order valence-electron chi connectivity index (χ1n) is 10.5. The van der Waals surface area contributed by atoms with E-state index in [-0.39, 0.29) is 19.0 Å². The van der Waals surface area contributed by atoms with Crippen LogP contribution in [0.4, 0.5) is 0 Å². The van der Waals surface area contributed by atoms with E-state index >= 15 is 0 Å². The van der Waals surface area contributed by atoms with Crippen molar-refractivity contribution < 1.29 is 27.6 Å². The zero-order chi connectivity index (χ0) is 18.1. The second-order valence-electron chi connectivity index (χ2n) is 8.58. The van der Waals surface area contributed by atoms with Gasteiger partial charge in [0.15, 0.2) is 6.54 Å². The molecule has 0 unspecified atom stereocenters. The molecule has 3 N–H and O–H groups in total. The van der Waals surface area contributed by atoms with Crippen molar-refractivity contribution in [2.45, 2.75) is 111 Å². The molecule has 0 rings (SSSR count). The Balaban J connectivity index is 0. The lowest BCUT2D eigenvalue weighted by atomic mass is 9.89. The third-order valence-electron chi connectivity index (χ3n) is 4.65. The average Bonchev–Trinajstić information content (AvgIpc) is 2.49. The molecule has 0 aliphatic rings. The van der Waals surface area contributed by atoms with Gasteiger partial charge in [0.05, 0.1) is 6.54 Å². The van der Waals surface area contributed by atoms with Crippen molar-refractivity contribution in [2.24, 2.45) is 5.41 Å². The van der Waals surface area contributed by atoms with Crippen LogP contribution in [0, 0.1) is 5.41 Å². The fourth-order valence-electron chi connectivity index (χ4n) is 3.11. The second-order valence-corrected chi connectivity index (χ2v) is 8.58. The third-order valence-corrected chi connectivity index (χ3v) is 4.65. The van der Waals surface area contributed by atoms with Crippen LogP contribution in [0.1, 0.15) is 111 Å². The second kappa shape index (κ2) is 18.5. The number of quaternary nitrogens is 1. The van der Waals surface area contributed by atoms with Crippen LogP contribution in [0.2, 0.25) is 0 Å². The summed E-state index contributed by atoms with van der Waals surface area (Å²) in [4.78, 5) is 10.4. The van der Waals surface area contributed by atoms with Gasteiger partial charge in [-0.15, -0.1) is 0 Å². The van der Waals surface area contributed by atoms with Gasteiger partial charge in [0, 0.05) is 0 Å². The third kappa shape index (κ3) is 26.1. The number of aliphatic carboxylic acids is 1. The van der Waals surface area contributed by atoms with Gasteiger partial charge in [0.1, 0.15) is 0 Å². The van der Waals surface area contributed by atoms with Crippen molar-refractivity contribution in [1.29, 1.82) is 0 Å². The fourth-order valence-corrected chi connectivity index (χ4v) is 3.11. The first-order valence-corrected chi connectivity index (χ1v) is 10.5. The molecule has 0 amide bonds. The predicted octanol–water partition coefficient (Wildman–Crippen LogP) is 2.15. The lowest BCUT2D eigenvalue weighted by molar-refractivity contribution is -0.645. The molecule has 0 aromatic carbocycles. The molecule has 0 aliphatic heterocycles. The molecule has 152 valence electrons. The number of carboxylic acid groups (broad SMARTS) is 1. The van der Waals surface area contributed by atoms with Gasteiger partial charge in [0.2, 0.25) is 0 Å². The van der Waals surface area contributed by atoms with Crippen LogP contribution in [0.3, 0.4) is 0 Å². The molecule has 0 spiro atoms. The Morgan fingerprint density at radius 1 is 0.720 bits per heavy atom. The molecule has 0 saturated carbocycles. The Morgan fingerprint density at radius 2 is 1.08 bits per heavy atom. The van der Waals surface area contributed by atoms with Gasteiger partial charge in [-0.05, 0) is 24.7 Å². The summed E-state index contributed by atoms with van der Waals surface area (Å²) in [5.41, 5.74) is 0.511. The van der Waals surface area contributed by atoms with Gasteiger partial charge in [0.25, 0.3) is 0 Å². The largest absolute Gasteiger partial charge is 1.00 e. The van der Waals surface area contributed by atoms with Gasteiger partial charge in [-0.2, -0.15) is 0 Å². The van der Waals surface area contributed by atoms with Crippen molar-refractivity contribution in [3.8, 4) is 0 Å². The van der Waals surface area contributed by atoms with Crippen LogP contribution in [0.5, 0.6) is 0 Å². The van der Waals surface area contributed by atoms with Crippen molar-refractivity contribution in [2.75, 3.05) is 13.1 Å². The Bertz CT molecular complexity index is 290. The molecular formula is C21H44ClNO2. The van der Waals surface area contributed by atoms with E-state index in [2.05, 4.69) is 20.8 Å². The van der Waals surface area contributed by atoms with Crippen molar-refractivity contribution in [1.82, 2.24) is 0 Å². The highest BCUT2D eigenvalue weighted by molar-refractivity contribution is 5.67. The lowest BCUT2D eigenvalue weighted by Gasteiger charge is -2.17. The average molecular weight is 378 g/mol. The maximum Gasteiger partial charge on any atom is 0.359 e. The zero-order valence-corrected chi connectivity index (χ0v) is 17.9. The van der Waals surface area contributed by atoms with Crippen molar-refractivity contribution in [3.63, 3.8) is 0 Å². The quantitative estimate of drug-likeness (QED) is 0.381. The van der Waals surface area contributed by atoms with E-state index in [1.807, 2.05) is 5.32 Å². The Labute approximate surface area is 163 Å². The van der Waals surface area contributed by atoms with E-state index in [0.29, 0.717) is 5.41 Å². The molecule has 25 heavy (non-hydrogen) atoms. The summed E-state index contributed by atoms with van der Waals surface area (Å²) in [5, 5.41) is 10.4. The van der Waals surface area contributed by atoms with Crippen LogP contribution in [0.25, 0.3) is 0 Å². The van der Waals surface area contributed by atoms with Gasteiger partial charge >= 0.3 is 5.97 Å². The summed E-state index contributed by atoms with van der Waals surface area (Å²) in [7, 11) is 0. The first-order chi connectivity index (χ1) is 11.4. The number of rotatable bonds is 17. The predicted molar refractivity (Wildman–Crippen MR) is 103 cm³/mol. The lowest BCUT2D eigenvalue weighted by Crippen LogP contribution is -3.00. The molecule has 0 saturated heterocycles. The van der Waals surface area contributed by atoms with Crippen LogP contribution in [-0.2, 0) is 4.79 Å². The molecule has 0 heterocycles. The van der Waals surface area contributed by atoms with Gasteiger partial charge < -0.3 is 22.8 Å².